The molecule has 0 aliphatic carbocycles. The molecule has 1 aliphatic heterocycles. The summed E-state index contributed by atoms with van der Waals surface area (Å²) in [5.41, 5.74) is 5.62. The molecule has 0 aromatic heterocycles. The first-order chi connectivity index (χ1) is 5.65. The smallest absolute Gasteiger partial charge is 0.407 e. The third-order valence-corrected chi connectivity index (χ3v) is 2.05. The van der Waals surface area contributed by atoms with Crippen LogP contribution in [0.1, 0.15) is 6.42 Å². The minimum absolute atomic E-state index is 0.0405. The molecule has 0 saturated carbocycles. The van der Waals surface area contributed by atoms with Crippen molar-refractivity contribution in [3.63, 3.8) is 0 Å². The van der Waals surface area contributed by atoms with Crippen LogP contribution < -0.4 is 5.73 Å². The summed E-state index contributed by atoms with van der Waals surface area (Å²) in [6.07, 6.45) is -0.217. The quantitative estimate of drug-likeness (QED) is 0.603. The largest absolute Gasteiger partial charge is 0.465 e. The molecule has 0 spiro atoms. The fraction of sp³-hybridized carbons (Fsp3) is 0.857. The van der Waals surface area contributed by atoms with Crippen LogP contribution in [-0.2, 0) is 4.74 Å². The summed E-state index contributed by atoms with van der Waals surface area (Å²) in [5, 5.41) is 8.74. The summed E-state index contributed by atoms with van der Waals surface area (Å²) in [6, 6.07) is -0.108. The maximum atomic E-state index is 10.6. The highest BCUT2D eigenvalue weighted by Gasteiger charge is 2.32. The first kappa shape index (κ1) is 9.28. The number of rotatable bonds is 2. The van der Waals surface area contributed by atoms with Gasteiger partial charge in [0, 0.05) is 19.7 Å². The summed E-state index contributed by atoms with van der Waals surface area (Å²) < 4.78 is 4.89. The fourth-order valence-electron chi connectivity index (χ4n) is 1.54. The molecule has 1 heterocycles. The van der Waals surface area contributed by atoms with Gasteiger partial charge in [-0.3, -0.25) is 0 Å². The van der Waals surface area contributed by atoms with Gasteiger partial charge in [-0.15, -0.1) is 0 Å². The molecule has 0 unspecified atom stereocenters. The predicted molar refractivity (Wildman–Crippen MR) is 43.0 cm³/mol. The molecular formula is C7H14N2O3. The molecule has 1 amide bonds. The van der Waals surface area contributed by atoms with E-state index in [0.29, 0.717) is 19.6 Å². The Kier molecular flexibility index (Phi) is 2.88. The Morgan fingerprint density at radius 1 is 1.83 bits per heavy atom. The standard InChI is InChI=1S/C7H14N2O3/c1-12-4-6-2-5(8)3-9(6)7(10)11/h5-6H,2-4,8H2,1H3,(H,10,11)/t5-,6+/m1/s1. The Hall–Kier alpha value is -0.810. The van der Waals surface area contributed by atoms with Crippen LogP contribution in [0.15, 0.2) is 0 Å². The van der Waals surface area contributed by atoms with Crippen LogP contribution in [0.3, 0.4) is 0 Å². The van der Waals surface area contributed by atoms with Gasteiger partial charge in [0.1, 0.15) is 0 Å². The number of likely N-dealkylation sites (tertiary alicyclic amines) is 1. The van der Waals surface area contributed by atoms with Crippen LogP contribution >= 0.6 is 0 Å². The summed E-state index contributed by atoms with van der Waals surface area (Å²) in [7, 11) is 1.56. The van der Waals surface area contributed by atoms with Crippen molar-refractivity contribution in [2.75, 3.05) is 20.3 Å². The van der Waals surface area contributed by atoms with Gasteiger partial charge in [-0.25, -0.2) is 4.79 Å². The number of ether oxygens (including phenoxy) is 1. The number of carbonyl (C=O) groups is 1. The Morgan fingerprint density at radius 3 is 3.00 bits per heavy atom. The lowest BCUT2D eigenvalue weighted by atomic mass is 10.2. The molecule has 1 fully saturated rings. The van der Waals surface area contributed by atoms with Gasteiger partial charge in [-0.05, 0) is 6.42 Å². The molecule has 0 radical (unpaired) electrons. The van der Waals surface area contributed by atoms with E-state index in [-0.39, 0.29) is 12.1 Å². The number of nitrogens with two attached hydrogens (primary N) is 1. The normalized spacial score (nSPS) is 29.3. The van der Waals surface area contributed by atoms with E-state index in [1.165, 1.54) is 4.90 Å². The minimum atomic E-state index is -0.912. The minimum Gasteiger partial charge on any atom is -0.465 e. The monoisotopic (exact) mass is 174 g/mol. The van der Waals surface area contributed by atoms with Crippen molar-refractivity contribution >= 4 is 6.09 Å². The number of methoxy groups -OCH3 is 1. The molecule has 1 aliphatic rings. The zero-order valence-corrected chi connectivity index (χ0v) is 7.06. The zero-order chi connectivity index (χ0) is 9.14. The van der Waals surface area contributed by atoms with E-state index < -0.39 is 6.09 Å². The zero-order valence-electron chi connectivity index (χ0n) is 7.06. The Labute approximate surface area is 71.1 Å². The number of carboxylic acid groups (broad SMARTS) is 1. The van der Waals surface area contributed by atoms with Gasteiger partial charge in [0.25, 0.3) is 0 Å². The van der Waals surface area contributed by atoms with Crippen molar-refractivity contribution in [1.82, 2.24) is 4.90 Å². The second kappa shape index (κ2) is 3.73. The highest BCUT2D eigenvalue weighted by Crippen LogP contribution is 2.16. The molecule has 12 heavy (non-hydrogen) atoms. The third kappa shape index (κ3) is 1.86. The Morgan fingerprint density at radius 2 is 2.50 bits per heavy atom. The molecule has 70 valence electrons. The van der Waals surface area contributed by atoms with E-state index in [1.54, 1.807) is 7.11 Å². The van der Waals surface area contributed by atoms with Crippen molar-refractivity contribution in [3.05, 3.63) is 0 Å². The average molecular weight is 174 g/mol. The van der Waals surface area contributed by atoms with Crippen LogP contribution in [0.5, 0.6) is 0 Å². The van der Waals surface area contributed by atoms with E-state index >= 15 is 0 Å². The maximum Gasteiger partial charge on any atom is 0.407 e. The van der Waals surface area contributed by atoms with E-state index in [0.717, 1.165) is 0 Å². The molecule has 2 atom stereocenters. The van der Waals surface area contributed by atoms with E-state index in [1.807, 2.05) is 0 Å². The molecule has 0 aromatic rings. The Balaban J connectivity index is 2.53. The summed E-state index contributed by atoms with van der Waals surface area (Å²) >= 11 is 0. The van der Waals surface area contributed by atoms with E-state index in [9.17, 15) is 4.79 Å². The number of hydrogen-bond donors (Lipinski definition) is 2. The summed E-state index contributed by atoms with van der Waals surface area (Å²) in [6.45, 7) is 0.851. The molecule has 1 rings (SSSR count). The van der Waals surface area contributed by atoms with Gasteiger partial charge in [0.2, 0.25) is 0 Å². The fourth-order valence-corrected chi connectivity index (χ4v) is 1.54. The molecule has 5 heteroatoms. The number of nitrogens with zero attached hydrogens (tertiary/aromatic N) is 1. The van der Waals surface area contributed by atoms with Crippen molar-refractivity contribution in [2.45, 2.75) is 18.5 Å². The number of hydrogen-bond acceptors (Lipinski definition) is 3. The second-order valence-electron chi connectivity index (χ2n) is 3.04. The lowest BCUT2D eigenvalue weighted by Crippen LogP contribution is -2.37. The topological polar surface area (TPSA) is 75.8 Å². The highest BCUT2D eigenvalue weighted by molar-refractivity contribution is 5.66. The first-order valence-corrected chi connectivity index (χ1v) is 3.89. The second-order valence-corrected chi connectivity index (χ2v) is 3.04. The van der Waals surface area contributed by atoms with Crippen molar-refractivity contribution in [1.29, 1.82) is 0 Å². The summed E-state index contributed by atoms with van der Waals surface area (Å²) in [4.78, 5) is 12.0. The van der Waals surface area contributed by atoms with E-state index in [4.69, 9.17) is 15.6 Å². The van der Waals surface area contributed by atoms with Crippen LogP contribution in [0.25, 0.3) is 0 Å². The van der Waals surface area contributed by atoms with Gasteiger partial charge in [-0.1, -0.05) is 0 Å². The first-order valence-electron chi connectivity index (χ1n) is 3.89. The van der Waals surface area contributed by atoms with Crippen LogP contribution in [-0.4, -0.2) is 48.4 Å². The molecule has 0 aromatic carbocycles. The molecule has 1 saturated heterocycles. The molecule has 5 nitrogen and oxygen atoms in total. The lowest BCUT2D eigenvalue weighted by molar-refractivity contribution is 0.0990. The third-order valence-electron chi connectivity index (χ3n) is 2.05. The number of amides is 1. The van der Waals surface area contributed by atoms with Crippen molar-refractivity contribution in [2.24, 2.45) is 5.73 Å². The molecule has 3 N–H and O–H groups in total. The van der Waals surface area contributed by atoms with Crippen LogP contribution in [0.4, 0.5) is 4.79 Å². The van der Waals surface area contributed by atoms with Gasteiger partial charge < -0.3 is 20.5 Å². The molecular weight excluding hydrogens is 160 g/mol. The predicted octanol–water partition coefficient (Wildman–Crippen LogP) is -0.288. The van der Waals surface area contributed by atoms with Gasteiger partial charge in [0.15, 0.2) is 0 Å². The Bertz CT molecular complexity index is 174. The van der Waals surface area contributed by atoms with Gasteiger partial charge in [-0.2, -0.15) is 0 Å². The van der Waals surface area contributed by atoms with Crippen LogP contribution in [0, 0.1) is 0 Å². The van der Waals surface area contributed by atoms with Crippen molar-refractivity contribution in [3.8, 4) is 0 Å². The van der Waals surface area contributed by atoms with E-state index in [2.05, 4.69) is 0 Å². The van der Waals surface area contributed by atoms with Gasteiger partial charge >= 0.3 is 6.09 Å². The highest BCUT2D eigenvalue weighted by atomic mass is 16.5. The molecule has 0 bridgehead atoms. The SMILES string of the molecule is COC[C@@H]1C[C@@H](N)CN1C(=O)O. The lowest BCUT2D eigenvalue weighted by Gasteiger charge is -2.19. The maximum absolute atomic E-state index is 10.6. The summed E-state index contributed by atoms with van der Waals surface area (Å²) in [5.74, 6) is 0. The van der Waals surface area contributed by atoms with Gasteiger partial charge in [0.05, 0.1) is 12.6 Å². The average Bonchev–Trinajstić information content (AvgIpc) is 2.32. The van der Waals surface area contributed by atoms with Crippen molar-refractivity contribution < 1.29 is 14.6 Å². The van der Waals surface area contributed by atoms with Crippen LogP contribution in [0.2, 0.25) is 0 Å².